The van der Waals surface area contributed by atoms with E-state index >= 15 is 0 Å². The molecule has 1 saturated carbocycles. The average molecular weight is 373 g/mol. The summed E-state index contributed by atoms with van der Waals surface area (Å²) < 4.78 is 1.59. The highest BCUT2D eigenvalue weighted by atomic mass is 32.2. The molecule has 1 N–H and O–H groups in total. The van der Waals surface area contributed by atoms with Crippen LogP contribution in [-0.4, -0.2) is 55.0 Å². The van der Waals surface area contributed by atoms with Crippen LogP contribution in [0.2, 0.25) is 0 Å². The highest BCUT2D eigenvalue weighted by molar-refractivity contribution is 7.99. The molecule has 1 aromatic carbocycles. The molecule has 2 fully saturated rings. The Bertz CT molecular complexity index is 763. The molecule has 2 atom stereocenters. The predicted molar refractivity (Wildman–Crippen MR) is 98.2 cm³/mol. The molecule has 1 saturated heterocycles. The molecule has 0 bridgehead atoms. The first-order valence-electron chi connectivity index (χ1n) is 9.19. The van der Waals surface area contributed by atoms with Crippen LogP contribution in [0.1, 0.15) is 32.1 Å². The van der Waals surface area contributed by atoms with Gasteiger partial charge in [0.2, 0.25) is 11.1 Å². The van der Waals surface area contributed by atoms with Crippen molar-refractivity contribution < 1.29 is 9.90 Å². The number of hydrogen-bond acceptors (Lipinski definition) is 6. The average Bonchev–Trinajstić information content (AvgIpc) is 3.15. The molecule has 7 nitrogen and oxygen atoms in total. The summed E-state index contributed by atoms with van der Waals surface area (Å²) in [6.07, 6.45) is 6.40. The topological polar surface area (TPSA) is 84.1 Å². The fraction of sp³-hybridized carbons (Fsp3) is 0.556. The Hall–Kier alpha value is -2.09. The van der Waals surface area contributed by atoms with Crippen molar-refractivity contribution in [2.75, 3.05) is 18.8 Å². The van der Waals surface area contributed by atoms with Crippen LogP contribution in [0.3, 0.4) is 0 Å². The second kappa shape index (κ2) is 7.65. The van der Waals surface area contributed by atoms with E-state index in [1.165, 1.54) is 37.4 Å². The van der Waals surface area contributed by atoms with E-state index in [4.69, 9.17) is 0 Å². The van der Waals surface area contributed by atoms with Crippen LogP contribution in [0.4, 0.5) is 0 Å². The molecule has 1 aliphatic heterocycles. The molecule has 0 radical (unpaired) electrons. The molecule has 2 heterocycles. The van der Waals surface area contributed by atoms with Gasteiger partial charge >= 0.3 is 0 Å². The Morgan fingerprint density at radius 2 is 1.92 bits per heavy atom. The Kier molecular flexibility index (Phi) is 5.10. The van der Waals surface area contributed by atoms with E-state index in [0.29, 0.717) is 16.8 Å². The number of benzene rings is 1. The van der Waals surface area contributed by atoms with Gasteiger partial charge < -0.3 is 10.0 Å². The van der Waals surface area contributed by atoms with Crippen molar-refractivity contribution in [2.45, 2.75) is 37.3 Å². The smallest absolute Gasteiger partial charge is 0.233 e. The van der Waals surface area contributed by atoms with E-state index < -0.39 is 0 Å². The van der Waals surface area contributed by atoms with Crippen molar-refractivity contribution in [1.82, 2.24) is 25.1 Å². The van der Waals surface area contributed by atoms with Crippen molar-refractivity contribution in [1.29, 1.82) is 0 Å². The van der Waals surface area contributed by atoms with Crippen LogP contribution < -0.4 is 0 Å². The van der Waals surface area contributed by atoms with Gasteiger partial charge in [0, 0.05) is 13.1 Å². The number of carbonyl (C=O) groups is 1. The summed E-state index contributed by atoms with van der Waals surface area (Å²) in [7, 11) is 0. The van der Waals surface area contributed by atoms with Gasteiger partial charge in [0.1, 0.15) is 5.75 Å². The zero-order valence-electron chi connectivity index (χ0n) is 14.6. The van der Waals surface area contributed by atoms with Gasteiger partial charge in [-0.1, -0.05) is 31.0 Å². The van der Waals surface area contributed by atoms with Gasteiger partial charge in [-0.05, 0) is 59.4 Å². The van der Waals surface area contributed by atoms with E-state index in [0.717, 1.165) is 31.1 Å². The second-order valence-electron chi connectivity index (χ2n) is 7.11. The number of amides is 1. The maximum atomic E-state index is 12.7. The summed E-state index contributed by atoms with van der Waals surface area (Å²) in [6, 6.07) is 6.66. The number of aromatic nitrogens is 4. The van der Waals surface area contributed by atoms with Gasteiger partial charge in [0.25, 0.3) is 0 Å². The molecular formula is C18H23N5O2S. The van der Waals surface area contributed by atoms with E-state index in [1.807, 2.05) is 4.90 Å². The molecule has 1 aromatic heterocycles. The summed E-state index contributed by atoms with van der Waals surface area (Å²) in [5, 5.41) is 21.7. The normalized spacial score (nSPS) is 22.8. The minimum atomic E-state index is 0.166. The van der Waals surface area contributed by atoms with Crippen molar-refractivity contribution in [3.05, 3.63) is 24.3 Å². The summed E-state index contributed by atoms with van der Waals surface area (Å²) in [6.45, 7) is 1.79. The summed E-state index contributed by atoms with van der Waals surface area (Å²) in [5.74, 6) is 2.21. The van der Waals surface area contributed by atoms with Crippen LogP contribution in [0.15, 0.2) is 29.4 Å². The quantitative estimate of drug-likeness (QED) is 0.829. The number of hydrogen-bond donors (Lipinski definition) is 1. The zero-order chi connectivity index (χ0) is 17.9. The maximum Gasteiger partial charge on any atom is 0.233 e. The van der Waals surface area contributed by atoms with E-state index in [-0.39, 0.29) is 11.7 Å². The van der Waals surface area contributed by atoms with Gasteiger partial charge in [-0.25, -0.2) is 0 Å². The SMILES string of the molecule is O=C(CSc1nnnn1-c1ccc(O)cc1)N1CC[C@@H]2CCCC[C@@H]2C1. The highest BCUT2D eigenvalue weighted by Gasteiger charge is 2.32. The number of carbonyl (C=O) groups excluding carboxylic acids is 1. The van der Waals surface area contributed by atoms with Crippen LogP contribution in [0.25, 0.3) is 5.69 Å². The lowest BCUT2D eigenvalue weighted by atomic mass is 9.75. The fourth-order valence-corrected chi connectivity index (χ4v) is 4.86. The molecule has 138 valence electrons. The molecule has 2 aromatic rings. The Morgan fingerprint density at radius 1 is 1.15 bits per heavy atom. The molecule has 0 spiro atoms. The monoisotopic (exact) mass is 373 g/mol. The molecule has 0 unspecified atom stereocenters. The van der Waals surface area contributed by atoms with Crippen LogP contribution >= 0.6 is 11.8 Å². The lowest BCUT2D eigenvalue weighted by Crippen LogP contribution is -2.45. The first kappa shape index (κ1) is 17.3. The van der Waals surface area contributed by atoms with Crippen LogP contribution in [0, 0.1) is 11.8 Å². The maximum absolute atomic E-state index is 12.7. The number of rotatable bonds is 4. The first-order chi connectivity index (χ1) is 12.7. The van der Waals surface area contributed by atoms with Crippen LogP contribution in [0.5, 0.6) is 5.75 Å². The number of nitrogens with zero attached hydrogens (tertiary/aromatic N) is 5. The number of likely N-dealkylation sites (tertiary alicyclic amines) is 1. The van der Waals surface area contributed by atoms with Crippen molar-refractivity contribution in [3.63, 3.8) is 0 Å². The van der Waals surface area contributed by atoms with E-state index in [9.17, 15) is 9.90 Å². The largest absolute Gasteiger partial charge is 0.508 e. The number of thioether (sulfide) groups is 1. The molecule has 8 heteroatoms. The molecule has 26 heavy (non-hydrogen) atoms. The lowest BCUT2D eigenvalue weighted by Gasteiger charge is -2.41. The standard InChI is InChI=1S/C18H23N5O2S/c24-16-7-5-15(6-8-16)23-18(19-20-21-23)26-12-17(25)22-10-9-13-3-1-2-4-14(13)11-22/h5-8,13-14,24H,1-4,9-12H2/t13-,14+/m0/s1. The van der Waals surface area contributed by atoms with Gasteiger partial charge in [-0.2, -0.15) is 4.68 Å². The predicted octanol–water partition coefficient (Wildman–Crippen LogP) is 2.50. The Balaban J connectivity index is 1.36. The lowest BCUT2D eigenvalue weighted by molar-refractivity contribution is -0.131. The molecule has 1 aliphatic carbocycles. The summed E-state index contributed by atoms with van der Waals surface area (Å²) in [4.78, 5) is 14.7. The van der Waals surface area contributed by atoms with Crippen molar-refractivity contribution >= 4 is 17.7 Å². The number of phenolic OH excluding ortho intramolecular Hbond substituents is 1. The second-order valence-corrected chi connectivity index (χ2v) is 8.05. The van der Waals surface area contributed by atoms with Gasteiger partial charge in [0.15, 0.2) is 0 Å². The zero-order valence-corrected chi connectivity index (χ0v) is 15.4. The van der Waals surface area contributed by atoms with E-state index in [1.54, 1.807) is 28.9 Å². The highest BCUT2D eigenvalue weighted by Crippen LogP contribution is 2.36. The fourth-order valence-electron chi connectivity index (χ4n) is 4.07. The van der Waals surface area contributed by atoms with Gasteiger partial charge in [-0.3, -0.25) is 4.79 Å². The minimum Gasteiger partial charge on any atom is -0.508 e. The van der Waals surface area contributed by atoms with Crippen molar-refractivity contribution in [3.8, 4) is 11.4 Å². The Morgan fingerprint density at radius 3 is 2.73 bits per heavy atom. The molecular weight excluding hydrogens is 350 g/mol. The van der Waals surface area contributed by atoms with Gasteiger partial charge in [0.05, 0.1) is 11.4 Å². The molecule has 1 amide bonds. The number of phenols is 1. The third kappa shape index (κ3) is 3.70. The van der Waals surface area contributed by atoms with Crippen molar-refractivity contribution in [2.24, 2.45) is 11.8 Å². The number of piperidine rings is 1. The third-order valence-corrected chi connectivity index (χ3v) is 6.41. The van der Waals surface area contributed by atoms with Crippen LogP contribution in [-0.2, 0) is 4.79 Å². The minimum absolute atomic E-state index is 0.166. The first-order valence-corrected chi connectivity index (χ1v) is 10.2. The van der Waals surface area contributed by atoms with Gasteiger partial charge in [-0.15, -0.1) is 5.10 Å². The van der Waals surface area contributed by atoms with E-state index in [2.05, 4.69) is 15.5 Å². The molecule has 4 rings (SSSR count). The number of fused-ring (bicyclic) bond motifs is 1. The summed E-state index contributed by atoms with van der Waals surface area (Å²) in [5.41, 5.74) is 0.755. The Labute approximate surface area is 156 Å². The molecule has 2 aliphatic rings. The number of tetrazole rings is 1. The third-order valence-electron chi connectivity index (χ3n) is 5.50. The number of aromatic hydroxyl groups is 1. The summed E-state index contributed by atoms with van der Waals surface area (Å²) >= 11 is 1.36.